The minimum Gasteiger partial charge on any atom is -0.378 e. The lowest BCUT2D eigenvalue weighted by Crippen LogP contribution is -2.42. The van der Waals surface area contributed by atoms with E-state index in [-0.39, 0.29) is 0 Å². The molecule has 2 N–H and O–H groups in total. The molecular formula is C12H23NO. The molecule has 1 saturated carbocycles. The van der Waals surface area contributed by atoms with Crippen molar-refractivity contribution in [3.05, 3.63) is 0 Å². The van der Waals surface area contributed by atoms with Gasteiger partial charge in [0.15, 0.2) is 0 Å². The molecule has 2 fully saturated rings. The Morgan fingerprint density at radius 1 is 1.29 bits per heavy atom. The molecule has 2 nitrogen and oxygen atoms in total. The normalized spacial score (nSPS) is 37.3. The largest absolute Gasteiger partial charge is 0.378 e. The predicted octanol–water partition coefficient (Wildman–Crippen LogP) is 2.32. The van der Waals surface area contributed by atoms with E-state index in [0.717, 1.165) is 19.1 Å². The highest BCUT2D eigenvalue weighted by Crippen LogP contribution is 2.47. The Hall–Kier alpha value is -0.0800. The number of rotatable bonds is 2. The molecule has 82 valence electrons. The fourth-order valence-corrected chi connectivity index (χ4v) is 3.52. The van der Waals surface area contributed by atoms with Crippen LogP contribution in [0.15, 0.2) is 0 Å². The summed E-state index contributed by atoms with van der Waals surface area (Å²) in [7, 11) is 0. The molecule has 0 aromatic heterocycles. The Kier molecular flexibility index (Phi) is 3.13. The molecule has 0 radical (unpaired) electrons. The molecule has 0 bridgehead atoms. The van der Waals surface area contributed by atoms with Gasteiger partial charge in [-0.15, -0.1) is 0 Å². The van der Waals surface area contributed by atoms with Gasteiger partial charge in [-0.25, -0.2) is 0 Å². The maximum Gasteiger partial charge on any atom is 0.0581 e. The van der Waals surface area contributed by atoms with Crippen molar-refractivity contribution in [1.82, 2.24) is 0 Å². The van der Waals surface area contributed by atoms with Crippen molar-refractivity contribution in [2.45, 2.75) is 51.6 Å². The van der Waals surface area contributed by atoms with Gasteiger partial charge in [-0.05, 0) is 44.1 Å². The van der Waals surface area contributed by atoms with Crippen molar-refractivity contribution >= 4 is 0 Å². The summed E-state index contributed by atoms with van der Waals surface area (Å²) in [6.07, 6.45) is 8.50. The second-order valence-electron chi connectivity index (χ2n) is 5.10. The highest BCUT2D eigenvalue weighted by atomic mass is 16.5. The fourth-order valence-electron chi connectivity index (χ4n) is 3.52. The predicted molar refractivity (Wildman–Crippen MR) is 58.1 cm³/mol. The summed E-state index contributed by atoms with van der Waals surface area (Å²) in [6, 6.07) is 0. The SMILES string of the molecule is CC1OCCC1C1(CN)CCCCC1. The fraction of sp³-hybridized carbons (Fsp3) is 1.00. The van der Waals surface area contributed by atoms with E-state index in [1.54, 1.807) is 0 Å². The zero-order chi connectivity index (χ0) is 10.0. The molecule has 1 aliphatic heterocycles. The first-order valence-electron chi connectivity index (χ1n) is 6.10. The Morgan fingerprint density at radius 3 is 2.50 bits per heavy atom. The summed E-state index contributed by atoms with van der Waals surface area (Å²) >= 11 is 0. The van der Waals surface area contributed by atoms with Crippen molar-refractivity contribution < 1.29 is 4.74 Å². The highest BCUT2D eigenvalue weighted by molar-refractivity contribution is 4.94. The second-order valence-corrected chi connectivity index (χ2v) is 5.10. The maximum absolute atomic E-state index is 6.02. The summed E-state index contributed by atoms with van der Waals surface area (Å²) in [5, 5.41) is 0. The lowest BCUT2D eigenvalue weighted by Gasteiger charge is -2.42. The van der Waals surface area contributed by atoms with Gasteiger partial charge in [0.2, 0.25) is 0 Å². The van der Waals surface area contributed by atoms with Gasteiger partial charge in [0.25, 0.3) is 0 Å². The van der Waals surface area contributed by atoms with Crippen LogP contribution in [-0.2, 0) is 4.74 Å². The average molecular weight is 197 g/mol. The van der Waals surface area contributed by atoms with Gasteiger partial charge in [0.05, 0.1) is 6.10 Å². The first-order chi connectivity index (χ1) is 6.78. The van der Waals surface area contributed by atoms with Gasteiger partial charge in [0, 0.05) is 6.61 Å². The molecule has 2 heteroatoms. The topological polar surface area (TPSA) is 35.2 Å². The van der Waals surface area contributed by atoms with E-state index in [1.165, 1.54) is 38.5 Å². The van der Waals surface area contributed by atoms with E-state index < -0.39 is 0 Å². The highest BCUT2D eigenvalue weighted by Gasteiger charge is 2.43. The van der Waals surface area contributed by atoms with Gasteiger partial charge in [-0.1, -0.05) is 19.3 Å². The minimum atomic E-state index is 0.425. The molecule has 2 aliphatic rings. The van der Waals surface area contributed by atoms with Crippen LogP contribution < -0.4 is 5.73 Å². The molecule has 2 rings (SSSR count). The standard InChI is InChI=1S/C12H23NO/c1-10-11(5-8-14-10)12(9-13)6-3-2-4-7-12/h10-11H,2-9,13H2,1H3. The van der Waals surface area contributed by atoms with Crippen LogP contribution >= 0.6 is 0 Å². The molecule has 14 heavy (non-hydrogen) atoms. The summed E-state index contributed by atoms with van der Waals surface area (Å²) < 4.78 is 5.69. The van der Waals surface area contributed by atoms with Crippen molar-refractivity contribution in [2.24, 2.45) is 17.1 Å². The molecule has 1 heterocycles. The molecule has 0 amide bonds. The monoisotopic (exact) mass is 197 g/mol. The van der Waals surface area contributed by atoms with Crippen molar-refractivity contribution in [3.63, 3.8) is 0 Å². The van der Waals surface area contributed by atoms with E-state index in [2.05, 4.69) is 6.92 Å². The number of nitrogens with two attached hydrogens (primary N) is 1. The summed E-state index contributed by atoms with van der Waals surface area (Å²) in [4.78, 5) is 0. The molecular weight excluding hydrogens is 174 g/mol. The third-order valence-electron chi connectivity index (χ3n) is 4.42. The van der Waals surface area contributed by atoms with Gasteiger partial charge < -0.3 is 10.5 Å². The summed E-state index contributed by atoms with van der Waals surface area (Å²) in [6.45, 7) is 4.04. The third kappa shape index (κ3) is 1.70. The quantitative estimate of drug-likeness (QED) is 0.737. The first kappa shape index (κ1) is 10.4. The van der Waals surface area contributed by atoms with Crippen molar-refractivity contribution in [3.8, 4) is 0 Å². The van der Waals surface area contributed by atoms with E-state index in [9.17, 15) is 0 Å². The van der Waals surface area contributed by atoms with E-state index in [4.69, 9.17) is 10.5 Å². The van der Waals surface area contributed by atoms with E-state index >= 15 is 0 Å². The van der Waals surface area contributed by atoms with E-state index in [0.29, 0.717) is 11.5 Å². The third-order valence-corrected chi connectivity index (χ3v) is 4.42. The van der Waals surface area contributed by atoms with E-state index in [1.807, 2.05) is 0 Å². The number of ether oxygens (including phenoxy) is 1. The number of hydrogen-bond acceptors (Lipinski definition) is 2. The summed E-state index contributed by atoms with van der Waals surface area (Å²) in [5.74, 6) is 0.729. The summed E-state index contributed by atoms with van der Waals surface area (Å²) in [5.41, 5.74) is 6.45. The minimum absolute atomic E-state index is 0.425. The van der Waals surface area contributed by atoms with Gasteiger partial charge in [-0.2, -0.15) is 0 Å². The molecule has 2 unspecified atom stereocenters. The van der Waals surface area contributed by atoms with Crippen molar-refractivity contribution in [1.29, 1.82) is 0 Å². The van der Waals surface area contributed by atoms with Gasteiger partial charge >= 0.3 is 0 Å². The van der Waals surface area contributed by atoms with Crippen LogP contribution in [0.5, 0.6) is 0 Å². The van der Waals surface area contributed by atoms with Gasteiger partial charge in [-0.3, -0.25) is 0 Å². The van der Waals surface area contributed by atoms with Crippen LogP contribution in [0.3, 0.4) is 0 Å². The van der Waals surface area contributed by atoms with Crippen LogP contribution in [0.4, 0.5) is 0 Å². The first-order valence-corrected chi connectivity index (χ1v) is 6.10. The Bertz CT molecular complexity index is 187. The van der Waals surface area contributed by atoms with Crippen LogP contribution in [-0.4, -0.2) is 19.3 Å². The van der Waals surface area contributed by atoms with Crippen LogP contribution in [0.2, 0.25) is 0 Å². The molecule has 0 spiro atoms. The van der Waals surface area contributed by atoms with Crippen LogP contribution in [0, 0.1) is 11.3 Å². The second kappa shape index (κ2) is 4.19. The zero-order valence-electron chi connectivity index (χ0n) is 9.30. The molecule has 2 atom stereocenters. The van der Waals surface area contributed by atoms with Crippen LogP contribution in [0.1, 0.15) is 45.4 Å². The van der Waals surface area contributed by atoms with Gasteiger partial charge in [0.1, 0.15) is 0 Å². The Labute approximate surface area is 87.2 Å². The average Bonchev–Trinajstić information content (AvgIpc) is 2.66. The lowest BCUT2D eigenvalue weighted by atomic mass is 9.64. The Balaban J connectivity index is 2.09. The maximum atomic E-state index is 6.02. The van der Waals surface area contributed by atoms with Crippen LogP contribution in [0.25, 0.3) is 0 Å². The Morgan fingerprint density at radius 2 is 2.00 bits per heavy atom. The molecule has 0 aromatic carbocycles. The van der Waals surface area contributed by atoms with Crippen molar-refractivity contribution in [2.75, 3.05) is 13.2 Å². The zero-order valence-corrected chi connectivity index (χ0v) is 9.30. The molecule has 1 saturated heterocycles. The molecule has 1 aliphatic carbocycles. The molecule has 0 aromatic rings. The lowest BCUT2D eigenvalue weighted by molar-refractivity contribution is 0.0332. The smallest absolute Gasteiger partial charge is 0.0581 e. The number of hydrogen-bond donors (Lipinski definition) is 1.